The average Bonchev–Trinajstić information content (AvgIpc) is 3.06. The number of amides is 1. The summed E-state index contributed by atoms with van der Waals surface area (Å²) in [5.41, 5.74) is 0.454. The van der Waals surface area contributed by atoms with Crippen molar-refractivity contribution in [2.45, 2.75) is 17.2 Å². The van der Waals surface area contributed by atoms with Crippen molar-refractivity contribution >= 4 is 27.3 Å². The molecule has 0 aliphatic carbocycles. The molecule has 1 atom stereocenters. The van der Waals surface area contributed by atoms with E-state index in [2.05, 4.69) is 5.32 Å². The zero-order valence-electron chi connectivity index (χ0n) is 13.0. The highest BCUT2D eigenvalue weighted by atomic mass is 32.2. The summed E-state index contributed by atoms with van der Waals surface area (Å²) in [6, 6.07) is 1.61. The van der Waals surface area contributed by atoms with E-state index in [9.17, 15) is 13.2 Å². The molecular weight excluding hydrogens is 338 g/mol. The number of nitrogens with one attached hydrogen (secondary N) is 1. The molecule has 3 heterocycles. The molecule has 2 aliphatic heterocycles. The van der Waals surface area contributed by atoms with Gasteiger partial charge in [-0.2, -0.15) is 4.31 Å². The average molecular weight is 359 g/mol. The maximum atomic E-state index is 12.6. The van der Waals surface area contributed by atoms with E-state index in [0.29, 0.717) is 38.4 Å². The fourth-order valence-electron chi connectivity index (χ4n) is 2.79. The number of piperazine rings is 1. The topological polar surface area (TPSA) is 79.0 Å². The molecule has 0 bridgehead atoms. The van der Waals surface area contributed by atoms with Gasteiger partial charge >= 0.3 is 0 Å². The van der Waals surface area contributed by atoms with Crippen molar-refractivity contribution in [2.24, 2.45) is 0 Å². The third kappa shape index (κ3) is 3.43. The standard InChI is InChI=1S/C14H21N3O4S2/c1-11-9-15-2-3-17(11)14(18)12-8-13(22-10-12)23(19,20)16-4-6-21-7-5-16/h8,10-11,15H,2-7,9H2,1H3/t11-/m0/s1. The van der Waals surface area contributed by atoms with Gasteiger partial charge in [-0.3, -0.25) is 4.79 Å². The zero-order valence-corrected chi connectivity index (χ0v) is 14.7. The Morgan fingerprint density at radius 3 is 2.78 bits per heavy atom. The van der Waals surface area contributed by atoms with E-state index in [0.717, 1.165) is 24.4 Å². The lowest BCUT2D eigenvalue weighted by molar-refractivity contribution is 0.0656. The number of hydrogen-bond acceptors (Lipinski definition) is 6. The maximum absolute atomic E-state index is 12.6. The van der Waals surface area contributed by atoms with Crippen LogP contribution in [0.15, 0.2) is 15.7 Å². The number of carbonyl (C=O) groups is 1. The highest BCUT2D eigenvalue weighted by molar-refractivity contribution is 7.91. The van der Waals surface area contributed by atoms with Crippen LogP contribution in [-0.2, 0) is 14.8 Å². The van der Waals surface area contributed by atoms with Crippen molar-refractivity contribution < 1.29 is 17.9 Å². The van der Waals surface area contributed by atoms with Gasteiger partial charge in [-0.25, -0.2) is 8.42 Å². The van der Waals surface area contributed by atoms with Crippen LogP contribution in [0.5, 0.6) is 0 Å². The molecule has 9 heteroatoms. The van der Waals surface area contributed by atoms with Crippen molar-refractivity contribution in [3.8, 4) is 0 Å². The molecule has 3 rings (SSSR count). The minimum Gasteiger partial charge on any atom is -0.379 e. The monoisotopic (exact) mass is 359 g/mol. The van der Waals surface area contributed by atoms with E-state index < -0.39 is 10.0 Å². The summed E-state index contributed by atoms with van der Waals surface area (Å²) in [5.74, 6) is -0.0984. The highest BCUT2D eigenvalue weighted by Gasteiger charge is 2.30. The van der Waals surface area contributed by atoms with Crippen LogP contribution in [0.2, 0.25) is 0 Å². The Labute approximate surface area is 140 Å². The first-order valence-electron chi connectivity index (χ1n) is 7.68. The number of nitrogens with zero attached hydrogens (tertiary/aromatic N) is 2. The molecule has 0 spiro atoms. The summed E-state index contributed by atoms with van der Waals surface area (Å²) in [6.07, 6.45) is 0. The van der Waals surface area contributed by atoms with Crippen LogP contribution in [0.1, 0.15) is 17.3 Å². The summed E-state index contributed by atoms with van der Waals surface area (Å²) in [6.45, 7) is 5.69. The van der Waals surface area contributed by atoms with E-state index in [-0.39, 0.29) is 16.2 Å². The first kappa shape index (κ1) is 16.8. The molecule has 1 amide bonds. The minimum absolute atomic E-state index is 0.0984. The Kier molecular flexibility index (Phi) is 5.02. The fraction of sp³-hybridized carbons (Fsp3) is 0.643. The molecule has 2 aliphatic rings. The van der Waals surface area contributed by atoms with E-state index in [4.69, 9.17) is 4.74 Å². The van der Waals surface area contributed by atoms with Crippen molar-refractivity contribution in [2.75, 3.05) is 45.9 Å². The lowest BCUT2D eigenvalue weighted by Crippen LogP contribution is -2.52. The third-order valence-corrected chi connectivity index (χ3v) is 7.46. The van der Waals surface area contributed by atoms with Gasteiger partial charge in [0, 0.05) is 44.1 Å². The molecule has 0 unspecified atom stereocenters. The summed E-state index contributed by atoms with van der Waals surface area (Å²) >= 11 is 1.11. The quantitative estimate of drug-likeness (QED) is 0.834. The number of hydrogen-bond donors (Lipinski definition) is 1. The molecule has 1 aromatic heterocycles. The van der Waals surface area contributed by atoms with Gasteiger partial charge in [0.2, 0.25) is 0 Å². The van der Waals surface area contributed by atoms with Crippen LogP contribution in [0.4, 0.5) is 0 Å². The summed E-state index contributed by atoms with van der Waals surface area (Å²) in [4.78, 5) is 14.4. The molecule has 0 aromatic carbocycles. The van der Waals surface area contributed by atoms with E-state index in [1.54, 1.807) is 10.3 Å². The molecule has 1 N–H and O–H groups in total. The molecule has 128 valence electrons. The Morgan fingerprint density at radius 1 is 1.35 bits per heavy atom. The number of thiophene rings is 1. The van der Waals surface area contributed by atoms with Gasteiger partial charge in [-0.15, -0.1) is 11.3 Å². The van der Waals surface area contributed by atoms with E-state index in [1.807, 2.05) is 6.92 Å². The number of carbonyl (C=O) groups excluding carboxylic acids is 1. The zero-order chi connectivity index (χ0) is 16.4. The van der Waals surface area contributed by atoms with Crippen LogP contribution < -0.4 is 5.32 Å². The second-order valence-corrected chi connectivity index (χ2v) is 8.80. The van der Waals surface area contributed by atoms with Gasteiger partial charge in [0.25, 0.3) is 15.9 Å². The van der Waals surface area contributed by atoms with Crippen molar-refractivity contribution in [3.63, 3.8) is 0 Å². The minimum atomic E-state index is -3.53. The summed E-state index contributed by atoms with van der Waals surface area (Å²) in [5, 5.41) is 4.88. The fourth-order valence-corrected chi connectivity index (χ4v) is 5.50. The van der Waals surface area contributed by atoms with Crippen molar-refractivity contribution in [3.05, 3.63) is 17.0 Å². The summed E-state index contributed by atoms with van der Waals surface area (Å²) in [7, 11) is -3.53. The Balaban J connectivity index is 1.78. The second-order valence-electron chi connectivity index (χ2n) is 5.72. The number of sulfonamides is 1. The predicted octanol–water partition coefficient (Wildman–Crippen LogP) is 0.203. The molecule has 1 aromatic rings. The second kappa shape index (κ2) is 6.86. The Hall–Kier alpha value is -1.00. The summed E-state index contributed by atoms with van der Waals surface area (Å²) < 4.78 is 32.1. The van der Waals surface area contributed by atoms with Crippen LogP contribution in [0.25, 0.3) is 0 Å². The van der Waals surface area contributed by atoms with Crippen molar-refractivity contribution in [1.82, 2.24) is 14.5 Å². The van der Waals surface area contributed by atoms with Gasteiger partial charge in [-0.1, -0.05) is 0 Å². The normalized spacial score (nSPS) is 23.9. The number of morpholine rings is 1. The number of rotatable bonds is 3. The lowest BCUT2D eigenvalue weighted by Gasteiger charge is -2.33. The molecule has 0 saturated carbocycles. The lowest BCUT2D eigenvalue weighted by atomic mass is 10.2. The van der Waals surface area contributed by atoms with Crippen LogP contribution >= 0.6 is 11.3 Å². The van der Waals surface area contributed by atoms with Crippen LogP contribution in [0, 0.1) is 0 Å². The molecule has 2 fully saturated rings. The Bertz CT molecular complexity index is 667. The molecule has 2 saturated heterocycles. The van der Waals surface area contributed by atoms with Crippen molar-refractivity contribution in [1.29, 1.82) is 0 Å². The highest BCUT2D eigenvalue weighted by Crippen LogP contribution is 2.26. The van der Waals surface area contributed by atoms with Crippen LogP contribution in [0.3, 0.4) is 0 Å². The van der Waals surface area contributed by atoms with Gasteiger partial charge in [0.1, 0.15) is 4.21 Å². The molecule has 23 heavy (non-hydrogen) atoms. The van der Waals surface area contributed by atoms with Crippen LogP contribution in [-0.4, -0.2) is 75.5 Å². The molecule has 0 radical (unpaired) electrons. The molecular formula is C14H21N3O4S2. The van der Waals surface area contributed by atoms with Gasteiger partial charge < -0.3 is 15.0 Å². The third-order valence-electron chi connectivity index (χ3n) is 4.15. The van der Waals surface area contributed by atoms with E-state index in [1.165, 1.54) is 10.4 Å². The smallest absolute Gasteiger partial charge is 0.255 e. The Morgan fingerprint density at radius 2 is 2.09 bits per heavy atom. The largest absolute Gasteiger partial charge is 0.379 e. The van der Waals surface area contributed by atoms with Gasteiger partial charge in [0.05, 0.1) is 18.8 Å². The first-order chi connectivity index (χ1) is 11.0. The SMILES string of the molecule is C[C@H]1CNCCN1C(=O)c1csc(S(=O)(=O)N2CCOCC2)c1. The maximum Gasteiger partial charge on any atom is 0.255 e. The van der Waals surface area contributed by atoms with E-state index >= 15 is 0 Å². The van der Waals surface area contributed by atoms with Gasteiger partial charge in [-0.05, 0) is 13.0 Å². The molecule has 7 nitrogen and oxygen atoms in total. The first-order valence-corrected chi connectivity index (χ1v) is 10.0. The van der Waals surface area contributed by atoms with Gasteiger partial charge in [0.15, 0.2) is 0 Å². The predicted molar refractivity (Wildman–Crippen MR) is 87.3 cm³/mol. The number of ether oxygens (including phenoxy) is 1.